The Kier molecular flexibility index (Phi) is 5.14. The summed E-state index contributed by atoms with van der Waals surface area (Å²) in [7, 11) is 0. The van der Waals surface area contributed by atoms with E-state index in [0.29, 0.717) is 5.92 Å². The van der Waals surface area contributed by atoms with Crippen LogP contribution < -0.4 is 10.6 Å². The number of nitrogens with two attached hydrogens (primary N) is 1. The van der Waals surface area contributed by atoms with Crippen molar-refractivity contribution in [2.45, 2.75) is 46.0 Å². The molecular weight excluding hydrogens is 236 g/mol. The molecule has 1 fully saturated rings. The molecule has 1 aliphatic heterocycles. The predicted molar refractivity (Wildman–Crippen MR) is 79.4 cm³/mol. The monoisotopic (exact) mass is 262 g/mol. The summed E-state index contributed by atoms with van der Waals surface area (Å²) in [5, 5.41) is 0. The first kappa shape index (κ1) is 14.3. The Morgan fingerprint density at radius 3 is 2.53 bits per heavy atom. The average molecular weight is 262 g/mol. The molecule has 0 bridgehead atoms. The molecule has 1 aromatic rings. The maximum Gasteiger partial charge on any atom is 0.225 e. The van der Waals surface area contributed by atoms with Crippen LogP contribution in [-0.4, -0.2) is 29.6 Å². The van der Waals surface area contributed by atoms with Gasteiger partial charge < -0.3 is 10.6 Å². The van der Waals surface area contributed by atoms with E-state index in [1.807, 2.05) is 0 Å². The quantitative estimate of drug-likeness (QED) is 0.883. The minimum Gasteiger partial charge on any atom is -0.341 e. The standard InChI is InChI=1S/C15H26N4/c1-3-13-10-14(4-2)18-15(17-13)19-9-5-6-12(11-19)7-8-16/h10,12H,3-9,11,16H2,1-2H3. The van der Waals surface area contributed by atoms with Crippen molar-refractivity contribution in [1.82, 2.24) is 9.97 Å². The third-order valence-corrected chi connectivity index (χ3v) is 3.92. The average Bonchev–Trinajstić information content (AvgIpc) is 2.47. The second-order valence-corrected chi connectivity index (χ2v) is 5.39. The summed E-state index contributed by atoms with van der Waals surface area (Å²) < 4.78 is 0. The van der Waals surface area contributed by atoms with E-state index in [4.69, 9.17) is 15.7 Å². The van der Waals surface area contributed by atoms with Gasteiger partial charge in [-0.05, 0) is 50.6 Å². The van der Waals surface area contributed by atoms with Crippen LogP contribution in [0.3, 0.4) is 0 Å². The summed E-state index contributed by atoms with van der Waals surface area (Å²) in [6.07, 6.45) is 5.59. The lowest BCUT2D eigenvalue weighted by Gasteiger charge is -2.33. The molecule has 1 saturated heterocycles. The van der Waals surface area contributed by atoms with Gasteiger partial charge in [0.2, 0.25) is 5.95 Å². The number of aromatic nitrogens is 2. The minimum atomic E-state index is 0.706. The van der Waals surface area contributed by atoms with Crippen molar-refractivity contribution >= 4 is 5.95 Å². The van der Waals surface area contributed by atoms with Crippen molar-refractivity contribution in [3.8, 4) is 0 Å². The van der Waals surface area contributed by atoms with Crippen LogP contribution in [0.1, 0.15) is 44.5 Å². The van der Waals surface area contributed by atoms with Crippen LogP contribution in [0.25, 0.3) is 0 Å². The molecule has 0 aliphatic carbocycles. The molecule has 0 spiro atoms. The lowest BCUT2D eigenvalue weighted by Crippen LogP contribution is -2.37. The number of hydrogen-bond donors (Lipinski definition) is 1. The van der Waals surface area contributed by atoms with Gasteiger partial charge >= 0.3 is 0 Å². The van der Waals surface area contributed by atoms with Gasteiger partial charge in [0.05, 0.1) is 0 Å². The van der Waals surface area contributed by atoms with Crippen molar-refractivity contribution in [2.75, 3.05) is 24.5 Å². The normalized spacial score (nSPS) is 19.7. The van der Waals surface area contributed by atoms with E-state index in [9.17, 15) is 0 Å². The van der Waals surface area contributed by atoms with Crippen molar-refractivity contribution in [1.29, 1.82) is 0 Å². The van der Waals surface area contributed by atoms with Crippen molar-refractivity contribution < 1.29 is 0 Å². The molecule has 2 rings (SSSR count). The minimum absolute atomic E-state index is 0.706. The fourth-order valence-electron chi connectivity index (χ4n) is 2.76. The maximum absolute atomic E-state index is 5.69. The van der Waals surface area contributed by atoms with Crippen LogP contribution in [0.2, 0.25) is 0 Å². The topological polar surface area (TPSA) is 55.0 Å². The smallest absolute Gasteiger partial charge is 0.225 e. The van der Waals surface area contributed by atoms with E-state index in [1.54, 1.807) is 0 Å². The van der Waals surface area contributed by atoms with Crippen LogP contribution in [0, 0.1) is 5.92 Å². The van der Waals surface area contributed by atoms with Gasteiger partial charge in [0.1, 0.15) is 0 Å². The lowest BCUT2D eigenvalue weighted by molar-refractivity contribution is 0.392. The number of aryl methyl sites for hydroxylation is 2. The fourth-order valence-corrected chi connectivity index (χ4v) is 2.76. The highest BCUT2D eigenvalue weighted by Crippen LogP contribution is 2.23. The molecule has 2 heterocycles. The molecule has 1 unspecified atom stereocenters. The molecule has 4 nitrogen and oxygen atoms in total. The summed E-state index contributed by atoms with van der Waals surface area (Å²) in [5.41, 5.74) is 8.00. The van der Waals surface area contributed by atoms with Gasteiger partial charge in [-0.1, -0.05) is 13.8 Å². The molecule has 1 aromatic heterocycles. The van der Waals surface area contributed by atoms with Gasteiger partial charge in [-0.3, -0.25) is 0 Å². The number of hydrogen-bond acceptors (Lipinski definition) is 4. The molecule has 4 heteroatoms. The van der Waals surface area contributed by atoms with Gasteiger partial charge in [0.25, 0.3) is 0 Å². The molecule has 0 aromatic carbocycles. The van der Waals surface area contributed by atoms with Crippen molar-refractivity contribution in [3.05, 3.63) is 17.5 Å². The third kappa shape index (κ3) is 3.66. The molecule has 0 amide bonds. The number of anilines is 1. The Labute approximate surface area is 116 Å². The largest absolute Gasteiger partial charge is 0.341 e. The highest BCUT2D eigenvalue weighted by atomic mass is 15.3. The maximum atomic E-state index is 5.69. The van der Waals surface area contributed by atoms with E-state index in [1.165, 1.54) is 12.8 Å². The zero-order valence-electron chi connectivity index (χ0n) is 12.2. The third-order valence-electron chi connectivity index (χ3n) is 3.92. The fraction of sp³-hybridized carbons (Fsp3) is 0.733. The summed E-state index contributed by atoms with van der Waals surface area (Å²) in [5.74, 6) is 1.63. The van der Waals surface area contributed by atoms with Crippen LogP contribution in [0.15, 0.2) is 6.07 Å². The van der Waals surface area contributed by atoms with Gasteiger partial charge in [-0.2, -0.15) is 0 Å². The van der Waals surface area contributed by atoms with Crippen LogP contribution in [0.4, 0.5) is 5.95 Å². The first-order chi connectivity index (χ1) is 9.26. The first-order valence-electron chi connectivity index (χ1n) is 7.58. The van der Waals surface area contributed by atoms with Crippen molar-refractivity contribution in [3.63, 3.8) is 0 Å². The second kappa shape index (κ2) is 6.85. The highest BCUT2D eigenvalue weighted by molar-refractivity contribution is 5.33. The lowest BCUT2D eigenvalue weighted by atomic mass is 9.95. The summed E-state index contributed by atoms with van der Waals surface area (Å²) >= 11 is 0. The van der Waals surface area contributed by atoms with E-state index < -0.39 is 0 Å². The van der Waals surface area contributed by atoms with Gasteiger partial charge in [-0.15, -0.1) is 0 Å². The Balaban J connectivity index is 2.15. The molecule has 19 heavy (non-hydrogen) atoms. The van der Waals surface area contributed by atoms with E-state index in [0.717, 1.165) is 56.2 Å². The molecule has 106 valence electrons. The number of nitrogens with zero attached hydrogens (tertiary/aromatic N) is 3. The second-order valence-electron chi connectivity index (χ2n) is 5.39. The molecule has 2 N–H and O–H groups in total. The van der Waals surface area contributed by atoms with Gasteiger partial charge in [0, 0.05) is 24.5 Å². The zero-order chi connectivity index (χ0) is 13.7. The number of piperidine rings is 1. The highest BCUT2D eigenvalue weighted by Gasteiger charge is 2.21. The Bertz CT molecular complexity index is 381. The van der Waals surface area contributed by atoms with Crippen molar-refractivity contribution in [2.24, 2.45) is 11.7 Å². The Hall–Kier alpha value is -1.16. The Morgan fingerprint density at radius 2 is 1.95 bits per heavy atom. The summed E-state index contributed by atoms with van der Waals surface area (Å²) in [4.78, 5) is 11.8. The predicted octanol–water partition coefficient (Wildman–Crippen LogP) is 2.17. The van der Waals surface area contributed by atoms with Crippen LogP contribution >= 0.6 is 0 Å². The molecule has 0 radical (unpaired) electrons. The van der Waals surface area contributed by atoms with E-state index >= 15 is 0 Å². The molecular formula is C15H26N4. The molecule has 0 saturated carbocycles. The van der Waals surface area contributed by atoms with E-state index in [-0.39, 0.29) is 0 Å². The number of rotatable bonds is 5. The van der Waals surface area contributed by atoms with Crippen LogP contribution in [0.5, 0.6) is 0 Å². The van der Waals surface area contributed by atoms with E-state index in [2.05, 4.69) is 24.8 Å². The first-order valence-corrected chi connectivity index (χ1v) is 7.58. The SMILES string of the molecule is CCc1cc(CC)nc(N2CCCC(CCN)C2)n1. The molecule has 1 atom stereocenters. The molecule has 1 aliphatic rings. The Morgan fingerprint density at radius 1 is 1.26 bits per heavy atom. The van der Waals surface area contributed by atoms with Gasteiger partial charge in [0.15, 0.2) is 0 Å². The van der Waals surface area contributed by atoms with Gasteiger partial charge in [-0.25, -0.2) is 9.97 Å². The summed E-state index contributed by atoms with van der Waals surface area (Å²) in [6.45, 7) is 7.23. The summed E-state index contributed by atoms with van der Waals surface area (Å²) in [6, 6.07) is 2.13. The zero-order valence-corrected chi connectivity index (χ0v) is 12.2. The van der Waals surface area contributed by atoms with Crippen LogP contribution in [-0.2, 0) is 12.8 Å².